The van der Waals surface area contributed by atoms with E-state index in [2.05, 4.69) is 24.5 Å². The quantitative estimate of drug-likeness (QED) is 0.629. The molecule has 0 N–H and O–H groups in total. The van der Waals surface area contributed by atoms with E-state index in [0.717, 1.165) is 29.1 Å². The van der Waals surface area contributed by atoms with Gasteiger partial charge in [0, 0.05) is 31.5 Å². The third-order valence-electron chi connectivity index (χ3n) is 5.40. The molecule has 1 saturated heterocycles. The summed E-state index contributed by atoms with van der Waals surface area (Å²) in [4.78, 5) is 19.7. The number of amides is 1. The van der Waals surface area contributed by atoms with Gasteiger partial charge in [-0.2, -0.15) is 0 Å². The first-order valence-corrected chi connectivity index (χ1v) is 9.99. The van der Waals surface area contributed by atoms with Gasteiger partial charge in [-0.25, -0.2) is 4.98 Å². The van der Waals surface area contributed by atoms with Crippen molar-refractivity contribution < 1.29 is 14.3 Å². The molecule has 2 aromatic carbocycles. The van der Waals surface area contributed by atoms with Crippen molar-refractivity contribution in [1.82, 2.24) is 9.55 Å². The van der Waals surface area contributed by atoms with Crippen molar-refractivity contribution in [2.75, 3.05) is 25.7 Å². The maximum atomic E-state index is 13.0. The van der Waals surface area contributed by atoms with Gasteiger partial charge in [-0.1, -0.05) is 26.0 Å². The Labute approximate surface area is 171 Å². The van der Waals surface area contributed by atoms with Gasteiger partial charge in [0.05, 0.1) is 30.9 Å². The minimum Gasteiger partial charge on any atom is -0.497 e. The van der Waals surface area contributed by atoms with E-state index >= 15 is 0 Å². The molecular weight excluding hydrogens is 366 g/mol. The monoisotopic (exact) mass is 393 g/mol. The number of imidazole rings is 1. The van der Waals surface area contributed by atoms with E-state index in [1.54, 1.807) is 19.1 Å². The van der Waals surface area contributed by atoms with Crippen molar-refractivity contribution in [2.45, 2.75) is 32.7 Å². The van der Waals surface area contributed by atoms with Gasteiger partial charge in [-0.15, -0.1) is 0 Å². The highest BCUT2D eigenvalue weighted by Crippen LogP contribution is 2.39. The smallest absolute Gasteiger partial charge is 0.227 e. The van der Waals surface area contributed by atoms with E-state index < -0.39 is 0 Å². The largest absolute Gasteiger partial charge is 0.497 e. The highest BCUT2D eigenvalue weighted by Gasteiger charge is 2.36. The van der Waals surface area contributed by atoms with Gasteiger partial charge < -0.3 is 18.9 Å². The number of para-hydroxylation sites is 2. The van der Waals surface area contributed by atoms with Crippen molar-refractivity contribution in [3.63, 3.8) is 0 Å². The standard InChI is InChI=1S/C23H27N3O3/c1-15(2)13-26-19-8-6-5-7-18(19)24-23(26)16-11-22(27)25(14-16)20-12-17(28-3)9-10-21(20)29-4/h5-10,12,15-16H,11,13-14H2,1-4H3/t16-/m0/s1. The first-order chi connectivity index (χ1) is 14.0. The molecule has 6 heteroatoms. The molecule has 29 heavy (non-hydrogen) atoms. The summed E-state index contributed by atoms with van der Waals surface area (Å²) < 4.78 is 13.1. The van der Waals surface area contributed by atoms with Crippen LogP contribution in [0.15, 0.2) is 42.5 Å². The molecule has 0 bridgehead atoms. The fourth-order valence-electron chi connectivity index (χ4n) is 4.08. The molecule has 6 nitrogen and oxygen atoms in total. The van der Waals surface area contributed by atoms with E-state index in [1.165, 1.54) is 0 Å². The number of carbonyl (C=O) groups is 1. The van der Waals surface area contributed by atoms with Gasteiger partial charge in [-0.3, -0.25) is 4.79 Å². The average Bonchev–Trinajstić information content (AvgIpc) is 3.28. The molecule has 4 rings (SSSR count). The highest BCUT2D eigenvalue weighted by atomic mass is 16.5. The third-order valence-corrected chi connectivity index (χ3v) is 5.40. The van der Waals surface area contributed by atoms with Crippen LogP contribution in [0.5, 0.6) is 11.5 Å². The lowest BCUT2D eigenvalue weighted by atomic mass is 10.1. The summed E-state index contributed by atoms with van der Waals surface area (Å²) in [6.45, 7) is 5.85. The Hall–Kier alpha value is -3.02. The van der Waals surface area contributed by atoms with Gasteiger partial charge in [0.25, 0.3) is 0 Å². The number of methoxy groups -OCH3 is 2. The van der Waals surface area contributed by atoms with Crippen molar-refractivity contribution in [3.8, 4) is 11.5 Å². The van der Waals surface area contributed by atoms with E-state index in [9.17, 15) is 4.79 Å². The molecule has 0 radical (unpaired) electrons. The number of fused-ring (bicyclic) bond motifs is 1. The molecule has 1 aromatic heterocycles. The summed E-state index contributed by atoms with van der Waals surface area (Å²) in [6, 6.07) is 13.7. The molecule has 1 aliphatic rings. The molecule has 1 fully saturated rings. The zero-order chi connectivity index (χ0) is 20.5. The van der Waals surface area contributed by atoms with Crippen molar-refractivity contribution in [2.24, 2.45) is 5.92 Å². The first kappa shape index (κ1) is 19.3. The van der Waals surface area contributed by atoms with Crippen LogP contribution in [0.2, 0.25) is 0 Å². The highest BCUT2D eigenvalue weighted by molar-refractivity contribution is 5.98. The topological polar surface area (TPSA) is 56.6 Å². The van der Waals surface area contributed by atoms with E-state index in [1.807, 2.05) is 36.4 Å². The van der Waals surface area contributed by atoms with Crippen LogP contribution >= 0.6 is 0 Å². The summed E-state index contributed by atoms with van der Waals surface area (Å²) in [5, 5.41) is 0. The molecule has 2 heterocycles. The molecule has 0 spiro atoms. The van der Waals surface area contributed by atoms with Crippen molar-refractivity contribution >= 4 is 22.6 Å². The minimum atomic E-state index is 0.0320. The van der Waals surface area contributed by atoms with Gasteiger partial charge in [0.1, 0.15) is 17.3 Å². The van der Waals surface area contributed by atoms with E-state index in [0.29, 0.717) is 30.4 Å². The van der Waals surface area contributed by atoms with Crippen LogP contribution in [-0.2, 0) is 11.3 Å². The Morgan fingerprint density at radius 2 is 1.93 bits per heavy atom. The molecular formula is C23H27N3O3. The molecule has 1 amide bonds. The summed E-state index contributed by atoms with van der Waals surface area (Å²) in [5.74, 6) is 2.93. The Bertz CT molecular complexity index is 1040. The average molecular weight is 393 g/mol. The third kappa shape index (κ3) is 3.55. The van der Waals surface area contributed by atoms with E-state index in [4.69, 9.17) is 14.5 Å². The number of hydrogen-bond acceptors (Lipinski definition) is 4. The van der Waals surface area contributed by atoms with Crippen LogP contribution in [-0.4, -0.2) is 36.2 Å². The van der Waals surface area contributed by atoms with Crippen LogP contribution in [0.3, 0.4) is 0 Å². The number of anilines is 1. The normalized spacial score (nSPS) is 16.8. The Morgan fingerprint density at radius 3 is 2.66 bits per heavy atom. The second kappa shape index (κ2) is 7.78. The number of rotatable bonds is 6. The summed E-state index contributed by atoms with van der Waals surface area (Å²) >= 11 is 0. The summed E-state index contributed by atoms with van der Waals surface area (Å²) in [5.41, 5.74) is 2.85. The number of hydrogen-bond donors (Lipinski definition) is 0. The number of aromatic nitrogens is 2. The van der Waals surface area contributed by atoms with Crippen LogP contribution in [0.1, 0.15) is 32.0 Å². The van der Waals surface area contributed by atoms with Crippen molar-refractivity contribution in [1.29, 1.82) is 0 Å². The van der Waals surface area contributed by atoms with Crippen LogP contribution in [0, 0.1) is 5.92 Å². The number of ether oxygens (including phenoxy) is 2. The second-order valence-electron chi connectivity index (χ2n) is 7.91. The number of benzene rings is 2. The Balaban J connectivity index is 1.72. The first-order valence-electron chi connectivity index (χ1n) is 9.99. The molecule has 0 saturated carbocycles. The zero-order valence-corrected chi connectivity index (χ0v) is 17.4. The van der Waals surface area contributed by atoms with Gasteiger partial charge in [0.15, 0.2) is 0 Å². The number of nitrogens with zero attached hydrogens (tertiary/aromatic N) is 3. The zero-order valence-electron chi connectivity index (χ0n) is 17.4. The van der Waals surface area contributed by atoms with E-state index in [-0.39, 0.29) is 11.8 Å². The second-order valence-corrected chi connectivity index (χ2v) is 7.91. The predicted molar refractivity (Wildman–Crippen MR) is 114 cm³/mol. The summed E-state index contributed by atoms with van der Waals surface area (Å²) in [7, 11) is 3.24. The maximum Gasteiger partial charge on any atom is 0.227 e. The van der Waals surface area contributed by atoms with Crippen LogP contribution < -0.4 is 14.4 Å². The lowest BCUT2D eigenvalue weighted by Gasteiger charge is -2.21. The van der Waals surface area contributed by atoms with Gasteiger partial charge in [-0.05, 0) is 30.2 Å². The Morgan fingerprint density at radius 1 is 1.14 bits per heavy atom. The fraction of sp³-hybridized carbons (Fsp3) is 0.391. The molecule has 1 atom stereocenters. The SMILES string of the molecule is COc1ccc(OC)c(N2C[C@@H](c3nc4ccccc4n3CC(C)C)CC2=O)c1. The van der Waals surface area contributed by atoms with Gasteiger partial charge in [0.2, 0.25) is 5.91 Å². The van der Waals surface area contributed by atoms with Gasteiger partial charge >= 0.3 is 0 Å². The predicted octanol–water partition coefficient (Wildman–Crippen LogP) is 4.23. The lowest BCUT2D eigenvalue weighted by Crippen LogP contribution is -2.25. The molecule has 152 valence electrons. The number of carbonyl (C=O) groups excluding carboxylic acids is 1. The molecule has 1 aliphatic heterocycles. The van der Waals surface area contributed by atoms with Crippen LogP contribution in [0.25, 0.3) is 11.0 Å². The maximum absolute atomic E-state index is 13.0. The minimum absolute atomic E-state index is 0.0320. The van der Waals surface area contributed by atoms with Crippen LogP contribution in [0.4, 0.5) is 5.69 Å². The summed E-state index contributed by atoms with van der Waals surface area (Å²) in [6.07, 6.45) is 0.432. The molecule has 0 unspecified atom stereocenters. The van der Waals surface area contributed by atoms with Crippen molar-refractivity contribution in [3.05, 3.63) is 48.3 Å². The fourth-order valence-corrected chi connectivity index (χ4v) is 4.08. The lowest BCUT2D eigenvalue weighted by molar-refractivity contribution is -0.117. The molecule has 0 aliphatic carbocycles. The molecule has 3 aromatic rings. The Kier molecular flexibility index (Phi) is 5.18.